The molecule has 15 heteroatoms. The molecule has 0 bridgehead atoms. The highest BCUT2D eigenvalue weighted by Gasteiger charge is 2.31. The minimum absolute atomic E-state index is 0.00376. The van der Waals surface area contributed by atoms with E-state index in [1.165, 1.54) is 14.7 Å². The Balaban J connectivity index is 3.37. The average Bonchev–Trinajstić information content (AvgIpc) is 2.84. The average molecular weight is 679 g/mol. The second kappa shape index (κ2) is 17.9. The van der Waals surface area contributed by atoms with Gasteiger partial charge >= 0.3 is 18.3 Å². The summed E-state index contributed by atoms with van der Waals surface area (Å²) in [5, 5.41) is 2.82. The Labute approximate surface area is 275 Å². The number of carbonyl (C=O) groups is 4. The number of carbonyl (C=O) groups excluding carboxylic acids is 4. The molecule has 1 aliphatic rings. The molecule has 1 atom stereocenters. The fraction of sp³-hybridized carbons (Fsp3) is 0.871. The molecule has 0 aromatic carbocycles. The van der Waals surface area contributed by atoms with E-state index in [1.54, 1.807) is 62.3 Å². The third kappa shape index (κ3) is 19.6. The van der Waals surface area contributed by atoms with Gasteiger partial charge in [0.15, 0.2) is 0 Å². The molecule has 4 amide bonds. The standard InChI is InChI=1S/C31H58N4O10S/c1-29(2,3)43-26(37)33-17-15-25(36)32-16-18-34(27(38)44-30(4,5)6)22-24(14-12-11-13-21-42-46(10,40)41)23-35(20-19-33)28(39)45-31(7,8)9/h24H,11-23H2,1-10H3,(H,32,36). The summed E-state index contributed by atoms with van der Waals surface area (Å²) in [6.45, 7) is 17.0. The van der Waals surface area contributed by atoms with E-state index in [0.717, 1.165) is 6.26 Å². The first-order valence-corrected chi connectivity index (χ1v) is 17.8. The molecule has 14 nitrogen and oxygen atoms in total. The molecule has 1 fully saturated rings. The number of amides is 4. The zero-order chi connectivity index (χ0) is 35.3. The summed E-state index contributed by atoms with van der Waals surface area (Å²) < 4.78 is 44.5. The van der Waals surface area contributed by atoms with Crippen molar-refractivity contribution in [2.45, 2.75) is 111 Å². The van der Waals surface area contributed by atoms with Crippen LogP contribution in [-0.2, 0) is 33.3 Å². The lowest BCUT2D eigenvalue weighted by molar-refractivity contribution is -0.121. The maximum absolute atomic E-state index is 13.5. The summed E-state index contributed by atoms with van der Waals surface area (Å²) in [6, 6.07) is 0. The van der Waals surface area contributed by atoms with Crippen molar-refractivity contribution in [3.63, 3.8) is 0 Å². The van der Waals surface area contributed by atoms with Gasteiger partial charge in [0.1, 0.15) is 16.8 Å². The first-order valence-electron chi connectivity index (χ1n) is 16.0. The van der Waals surface area contributed by atoms with Crippen molar-refractivity contribution in [2.75, 3.05) is 58.7 Å². The molecule has 1 heterocycles. The van der Waals surface area contributed by atoms with Crippen LogP contribution < -0.4 is 5.32 Å². The highest BCUT2D eigenvalue weighted by atomic mass is 32.2. The molecule has 1 aliphatic heterocycles. The van der Waals surface area contributed by atoms with Crippen LogP contribution in [0.4, 0.5) is 14.4 Å². The highest BCUT2D eigenvalue weighted by Crippen LogP contribution is 2.20. The van der Waals surface area contributed by atoms with Crippen LogP contribution >= 0.6 is 0 Å². The Bertz CT molecular complexity index is 1110. The molecule has 0 aromatic heterocycles. The predicted molar refractivity (Wildman–Crippen MR) is 174 cm³/mol. The minimum atomic E-state index is -3.53. The fourth-order valence-corrected chi connectivity index (χ4v) is 4.89. The lowest BCUT2D eigenvalue weighted by Gasteiger charge is -2.35. The normalized spacial score (nSPS) is 18.3. The lowest BCUT2D eigenvalue weighted by atomic mass is 9.99. The number of hydrogen-bond acceptors (Lipinski definition) is 10. The second-order valence-corrected chi connectivity index (χ2v) is 16.3. The van der Waals surface area contributed by atoms with E-state index in [4.69, 9.17) is 18.4 Å². The fourth-order valence-electron chi connectivity index (χ4n) is 4.47. The van der Waals surface area contributed by atoms with Gasteiger partial charge in [0.2, 0.25) is 5.91 Å². The van der Waals surface area contributed by atoms with Gasteiger partial charge in [0.05, 0.1) is 12.9 Å². The molecule has 1 unspecified atom stereocenters. The second-order valence-electron chi connectivity index (χ2n) is 14.7. The van der Waals surface area contributed by atoms with Crippen LogP contribution in [0.1, 0.15) is 94.4 Å². The summed E-state index contributed by atoms with van der Waals surface area (Å²) in [4.78, 5) is 57.1. The quantitative estimate of drug-likeness (QED) is 0.233. The summed E-state index contributed by atoms with van der Waals surface area (Å²) in [6.07, 6.45) is 1.73. The number of nitrogens with one attached hydrogen (secondary N) is 1. The Morgan fingerprint density at radius 1 is 0.717 bits per heavy atom. The predicted octanol–water partition coefficient (Wildman–Crippen LogP) is 4.37. The monoisotopic (exact) mass is 678 g/mol. The van der Waals surface area contributed by atoms with Gasteiger partial charge in [-0.05, 0) is 81.1 Å². The van der Waals surface area contributed by atoms with Crippen LogP contribution in [0.3, 0.4) is 0 Å². The van der Waals surface area contributed by atoms with Crippen LogP contribution in [0, 0.1) is 5.92 Å². The molecular weight excluding hydrogens is 620 g/mol. The smallest absolute Gasteiger partial charge is 0.410 e. The number of unbranched alkanes of at least 4 members (excludes halogenated alkanes) is 2. The van der Waals surface area contributed by atoms with E-state index in [0.29, 0.717) is 25.7 Å². The maximum atomic E-state index is 13.5. The van der Waals surface area contributed by atoms with E-state index < -0.39 is 45.2 Å². The van der Waals surface area contributed by atoms with Crippen molar-refractivity contribution in [3.05, 3.63) is 0 Å². The third-order valence-corrected chi connectivity index (χ3v) is 7.01. The third-order valence-electron chi connectivity index (χ3n) is 6.42. The molecule has 46 heavy (non-hydrogen) atoms. The Morgan fingerprint density at radius 3 is 1.65 bits per heavy atom. The van der Waals surface area contributed by atoms with Crippen molar-refractivity contribution in [1.29, 1.82) is 0 Å². The summed E-state index contributed by atoms with van der Waals surface area (Å²) in [7, 11) is -3.53. The first kappa shape index (κ1) is 41.2. The zero-order valence-corrected chi connectivity index (χ0v) is 30.4. The van der Waals surface area contributed by atoms with E-state index in [2.05, 4.69) is 5.32 Å². The van der Waals surface area contributed by atoms with Crippen molar-refractivity contribution < 1.29 is 46.0 Å². The number of rotatable bonds is 7. The van der Waals surface area contributed by atoms with E-state index in [9.17, 15) is 27.6 Å². The molecular formula is C31H58N4O10S. The van der Waals surface area contributed by atoms with Crippen molar-refractivity contribution in [1.82, 2.24) is 20.0 Å². The van der Waals surface area contributed by atoms with Gasteiger partial charge in [0.25, 0.3) is 10.1 Å². The van der Waals surface area contributed by atoms with Gasteiger partial charge < -0.3 is 34.2 Å². The number of ether oxygens (including phenoxy) is 3. The molecule has 1 N–H and O–H groups in total. The van der Waals surface area contributed by atoms with Gasteiger partial charge in [-0.3, -0.25) is 8.98 Å². The van der Waals surface area contributed by atoms with E-state index in [1.807, 2.05) is 0 Å². The largest absolute Gasteiger partial charge is 0.444 e. The highest BCUT2D eigenvalue weighted by molar-refractivity contribution is 7.85. The molecule has 0 aromatic rings. The van der Waals surface area contributed by atoms with Gasteiger partial charge in [-0.2, -0.15) is 8.42 Å². The first-order chi connectivity index (χ1) is 20.9. The Hall–Kier alpha value is -2.81. The minimum Gasteiger partial charge on any atom is -0.444 e. The summed E-state index contributed by atoms with van der Waals surface area (Å²) >= 11 is 0. The Morgan fingerprint density at radius 2 is 1.17 bits per heavy atom. The van der Waals surface area contributed by atoms with Crippen molar-refractivity contribution in [3.8, 4) is 0 Å². The van der Waals surface area contributed by atoms with E-state index in [-0.39, 0.29) is 70.7 Å². The number of hydrogen-bond donors (Lipinski definition) is 1. The molecule has 1 saturated heterocycles. The van der Waals surface area contributed by atoms with Crippen LogP contribution in [0.15, 0.2) is 0 Å². The molecule has 1 rings (SSSR count). The van der Waals surface area contributed by atoms with Gasteiger partial charge in [0, 0.05) is 52.2 Å². The molecule has 268 valence electrons. The lowest BCUT2D eigenvalue weighted by Crippen LogP contribution is -2.49. The van der Waals surface area contributed by atoms with E-state index >= 15 is 0 Å². The van der Waals surface area contributed by atoms with Crippen LogP contribution in [0.25, 0.3) is 0 Å². The SMILES string of the molecule is CC(C)(C)OC(=O)N1CCC(=O)NCCN(C(=O)OC(C)(C)C)CC(CCCCCOS(C)(=O)=O)CN(C(=O)OC(C)(C)C)CC1. The van der Waals surface area contributed by atoms with Crippen molar-refractivity contribution in [2.24, 2.45) is 5.92 Å². The Kier molecular flexibility index (Phi) is 16.1. The molecule has 0 saturated carbocycles. The van der Waals surface area contributed by atoms with Gasteiger partial charge in [-0.15, -0.1) is 0 Å². The molecule has 0 aliphatic carbocycles. The van der Waals surface area contributed by atoms with Crippen LogP contribution in [-0.4, -0.2) is 123 Å². The maximum Gasteiger partial charge on any atom is 0.410 e. The molecule has 0 radical (unpaired) electrons. The zero-order valence-electron chi connectivity index (χ0n) is 29.6. The number of nitrogens with zero attached hydrogens (tertiary/aromatic N) is 3. The molecule has 0 spiro atoms. The summed E-state index contributed by atoms with van der Waals surface area (Å²) in [5.74, 6) is -0.545. The van der Waals surface area contributed by atoms with Crippen LogP contribution in [0.5, 0.6) is 0 Å². The van der Waals surface area contributed by atoms with Crippen molar-refractivity contribution >= 4 is 34.3 Å². The summed E-state index contributed by atoms with van der Waals surface area (Å²) in [5.41, 5.74) is -2.29. The van der Waals surface area contributed by atoms with Gasteiger partial charge in [-0.25, -0.2) is 14.4 Å². The topological polar surface area (TPSA) is 161 Å². The van der Waals surface area contributed by atoms with Gasteiger partial charge in [-0.1, -0.05) is 12.8 Å². The van der Waals surface area contributed by atoms with Crippen LogP contribution in [0.2, 0.25) is 0 Å².